The van der Waals surface area contributed by atoms with E-state index in [4.69, 9.17) is 0 Å². The first kappa shape index (κ1) is 16.4. The van der Waals surface area contributed by atoms with Crippen LogP contribution < -0.4 is 0 Å². The van der Waals surface area contributed by atoms with Crippen molar-refractivity contribution in [3.8, 4) is 0 Å². The Morgan fingerprint density at radius 2 is 1.79 bits per heavy atom. The molecule has 124 valence electrons. The molecule has 0 atom stereocenters. The molecule has 3 rings (SSSR count). The number of hydrogen-bond acceptors (Lipinski definition) is 4. The Balaban J connectivity index is 1.73. The highest BCUT2D eigenvalue weighted by molar-refractivity contribution is 7.07. The molecule has 6 heteroatoms. The van der Waals surface area contributed by atoms with Gasteiger partial charge >= 0.3 is 0 Å². The van der Waals surface area contributed by atoms with Crippen LogP contribution in [0.15, 0.2) is 41.1 Å². The lowest BCUT2D eigenvalue weighted by atomic mass is 10.1. The summed E-state index contributed by atoms with van der Waals surface area (Å²) in [6.07, 6.45) is 0.817. The van der Waals surface area contributed by atoms with E-state index in [1.165, 1.54) is 0 Å². The zero-order chi connectivity index (χ0) is 17.1. The van der Waals surface area contributed by atoms with Crippen LogP contribution >= 0.6 is 11.3 Å². The minimum Gasteiger partial charge on any atom is -0.337 e. The molecule has 0 saturated heterocycles. The van der Waals surface area contributed by atoms with Gasteiger partial charge in [0.2, 0.25) is 5.91 Å². The van der Waals surface area contributed by atoms with E-state index in [1.54, 1.807) is 40.5 Å². The fourth-order valence-corrected chi connectivity index (χ4v) is 3.44. The van der Waals surface area contributed by atoms with Gasteiger partial charge in [-0.2, -0.15) is 11.3 Å². The number of carbonyl (C=O) groups excluding carboxylic acids is 3. The molecule has 2 aromatic rings. The quantitative estimate of drug-likeness (QED) is 0.759. The lowest BCUT2D eigenvalue weighted by Gasteiger charge is -2.24. The molecule has 0 aliphatic carbocycles. The predicted molar refractivity (Wildman–Crippen MR) is 91.8 cm³/mol. The number of thiophene rings is 1. The summed E-state index contributed by atoms with van der Waals surface area (Å²) in [7, 11) is 0. The SMILES string of the molecule is CCCN(Cc1ccsc1)C(=O)CN1C(=O)c2ccccc2C1=O. The monoisotopic (exact) mass is 342 g/mol. The van der Waals surface area contributed by atoms with E-state index in [0.29, 0.717) is 24.2 Å². The molecular weight excluding hydrogens is 324 g/mol. The molecule has 1 aromatic heterocycles. The van der Waals surface area contributed by atoms with Crippen LogP contribution in [-0.2, 0) is 11.3 Å². The van der Waals surface area contributed by atoms with E-state index in [9.17, 15) is 14.4 Å². The molecule has 0 N–H and O–H groups in total. The third kappa shape index (κ3) is 3.10. The maximum absolute atomic E-state index is 12.6. The van der Waals surface area contributed by atoms with Gasteiger partial charge in [0.05, 0.1) is 11.1 Å². The van der Waals surface area contributed by atoms with Crippen molar-refractivity contribution in [2.45, 2.75) is 19.9 Å². The minimum atomic E-state index is -0.393. The second kappa shape index (κ2) is 6.97. The van der Waals surface area contributed by atoms with E-state index in [-0.39, 0.29) is 12.5 Å². The van der Waals surface area contributed by atoms with Gasteiger partial charge in [0.1, 0.15) is 6.54 Å². The summed E-state index contributed by atoms with van der Waals surface area (Å²) in [6, 6.07) is 8.65. The molecule has 1 aromatic carbocycles. The zero-order valence-corrected chi connectivity index (χ0v) is 14.2. The third-order valence-corrected chi connectivity index (χ3v) is 4.70. The van der Waals surface area contributed by atoms with Crippen molar-refractivity contribution >= 4 is 29.1 Å². The van der Waals surface area contributed by atoms with Gasteiger partial charge in [0, 0.05) is 13.1 Å². The van der Waals surface area contributed by atoms with Gasteiger partial charge in [-0.25, -0.2) is 0 Å². The summed E-state index contributed by atoms with van der Waals surface area (Å²) >= 11 is 1.58. The molecule has 2 heterocycles. The number of hydrogen-bond donors (Lipinski definition) is 0. The Labute approximate surface area is 144 Å². The van der Waals surface area contributed by atoms with Gasteiger partial charge in [0.15, 0.2) is 0 Å². The van der Waals surface area contributed by atoms with Crippen LogP contribution in [-0.4, -0.2) is 40.6 Å². The largest absolute Gasteiger partial charge is 0.337 e. The first-order valence-corrected chi connectivity index (χ1v) is 8.80. The summed E-state index contributed by atoms with van der Waals surface area (Å²) in [4.78, 5) is 40.1. The Kier molecular flexibility index (Phi) is 4.76. The highest BCUT2D eigenvalue weighted by atomic mass is 32.1. The summed E-state index contributed by atoms with van der Waals surface area (Å²) in [5.41, 5.74) is 1.80. The smallest absolute Gasteiger partial charge is 0.262 e. The van der Waals surface area contributed by atoms with E-state index < -0.39 is 11.8 Å². The van der Waals surface area contributed by atoms with Crippen molar-refractivity contribution < 1.29 is 14.4 Å². The second-order valence-corrected chi connectivity index (χ2v) is 6.47. The Morgan fingerprint density at radius 1 is 1.12 bits per heavy atom. The van der Waals surface area contributed by atoms with E-state index in [1.807, 2.05) is 23.8 Å². The van der Waals surface area contributed by atoms with Gasteiger partial charge in [-0.15, -0.1) is 0 Å². The highest BCUT2D eigenvalue weighted by Crippen LogP contribution is 2.22. The van der Waals surface area contributed by atoms with Crippen LogP contribution in [0.3, 0.4) is 0 Å². The van der Waals surface area contributed by atoms with Crippen molar-refractivity contribution in [2.24, 2.45) is 0 Å². The fourth-order valence-electron chi connectivity index (χ4n) is 2.78. The van der Waals surface area contributed by atoms with Crippen LogP contribution in [0.2, 0.25) is 0 Å². The molecule has 0 bridgehead atoms. The van der Waals surface area contributed by atoms with Crippen molar-refractivity contribution in [1.82, 2.24) is 9.80 Å². The Morgan fingerprint density at radius 3 is 2.33 bits per heavy atom. The highest BCUT2D eigenvalue weighted by Gasteiger charge is 2.36. The molecule has 0 spiro atoms. The number of benzene rings is 1. The molecule has 0 saturated carbocycles. The minimum absolute atomic E-state index is 0.211. The van der Waals surface area contributed by atoms with Crippen LogP contribution in [0.25, 0.3) is 0 Å². The van der Waals surface area contributed by atoms with E-state index in [0.717, 1.165) is 16.9 Å². The van der Waals surface area contributed by atoms with Gasteiger partial charge < -0.3 is 4.90 Å². The fraction of sp³-hybridized carbons (Fsp3) is 0.278. The lowest BCUT2D eigenvalue weighted by molar-refractivity contribution is -0.132. The summed E-state index contributed by atoms with van der Waals surface area (Å²) in [6.45, 7) is 2.88. The summed E-state index contributed by atoms with van der Waals surface area (Å²) in [5, 5.41) is 3.96. The van der Waals surface area contributed by atoms with Crippen LogP contribution in [0.4, 0.5) is 0 Å². The molecule has 24 heavy (non-hydrogen) atoms. The van der Waals surface area contributed by atoms with Crippen LogP contribution in [0.5, 0.6) is 0 Å². The van der Waals surface area contributed by atoms with Gasteiger partial charge in [-0.3, -0.25) is 19.3 Å². The lowest BCUT2D eigenvalue weighted by Crippen LogP contribution is -2.42. The molecule has 0 radical (unpaired) electrons. The first-order valence-electron chi connectivity index (χ1n) is 7.86. The number of amides is 3. The number of rotatable bonds is 6. The number of carbonyl (C=O) groups is 3. The molecule has 1 aliphatic rings. The maximum Gasteiger partial charge on any atom is 0.262 e. The third-order valence-electron chi connectivity index (χ3n) is 3.97. The maximum atomic E-state index is 12.6. The number of fused-ring (bicyclic) bond motifs is 1. The van der Waals surface area contributed by atoms with E-state index in [2.05, 4.69) is 0 Å². The summed E-state index contributed by atoms with van der Waals surface area (Å²) < 4.78 is 0. The van der Waals surface area contributed by atoms with Gasteiger partial charge in [0.25, 0.3) is 11.8 Å². The molecule has 1 aliphatic heterocycles. The summed E-state index contributed by atoms with van der Waals surface area (Å²) in [5.74, 6) is -0.996. The van der Waals surface area contributed by atoms with Crippen molar-refractivity contribution in [2.75, 3.05) is 13.1 Å². The second-order valence-electron chi connectivity index (χ2n) is 5.69. The van der Waals surface area contributed by atoms with Crippen molar-refractivity contribution in [3.05, 3.63) is 57.8 Å². The average molecular weight is 342 g/mol. The molecular formula is C18H18N2O3S. The average Bonchev–Trinajstić information content (AvgIpc) is 3.18. The molecule has 0 unspecified atom stereocenters. The topological polar surface area (TPSA) is 57.7 Å². The van der Waals surface area contributed by atoms with Crippen molar-refractivity contribution in [3.63, 3.8) is 0 Å². The number of imide groups is 1. The van der Waals surface area contributed by atoms with E-state index >= 15 is 0 Å². The zero-order valence-electron chi connectivity index (χ0n) is 13.4. The molecule has 3 amide bonds. The number of nitrogens with zero attached hydrogens (tertiary/aromatic N) is 2. The van der Waals surface area contributed by atoms with Gasteiger partial charge in [-0.05, 0) is 40.9 Å². The Bertz CT molecular complexity index is 735. The standard InChI is InChI=1S/C18H18N2O3S/c1-2-8-19(10-13-7-9-24-12-13)16(21)11-20-17(22)14-5-3-4-6-15(14)18(20)23/h3-7,9,12H,2,8,10-11H2,1H3. The predicted octanol–water partition coefficient (Wildman–Crippen LogP) is 2.78. The van der Waals surface area contributed by atoms with Crippen LogP contribution in [0.1, 0.15) is 39.6 Å². The van der Waals surface area contributed by atoms with Crippen LogP contribution in [0, 0.1) is 0 Å². The normalized spacial score (nSPS) is 13.3. The first-order chi connectivity index (χ1) is 11.6. The van der Waals surface area contributed by atoms with Crippen molar-refractivity contribution in [1.29, 1.82) is 0 Å². The molecule has 0 fully saturated rings. The Hall–Kier alpha value is -2.47. The molecule has 5 nitrogen and oxygen atoms in total. The van der Waals surface area contributed by atoms with Gasteiger partial charge in [-0.1, -0.05) is 19.1 Å².